The smallest absolute Gasteiger partial charge is 0.191 e. The van der Waals surface area contributed by atoms with E-state index < -0.39 is 0 Å². The molecule has 0 bridgehead atoms. The van der Waals surface area contributed by atoms with Gasteiger partial charge in [-0.2, -0.15) is 0 Å². The summed E-state index contributed by atoms with van der Waals surface area (Å²) in [6.45, 7) is 6.69. The number of halogens is 1. The van der Waals surface area contributed by atoms with Crippen LogP contribution in [0.3, 0.4) is 0 Å². The summed E-state index contributed by atoms with van der Waals surface area (Å²) < 4.78 is 16.4. The summed E-state index contributed by atoms with van der Waals surface area (Å²) in [4.78, 5) is 4.16. The Hall–Kier alpha value is -1.22. The molecule has 0 amide bonds. The Kier molecular flexibility index (Phi) is 12.5. The van der Waals surface area contributed by atoms with Gasteiger partial charge in [-0.3, -0.25) is 4.99 Å². The van der Waals surface area contributed by atoms with Gasteiger partial charge in [-0.05, 0) is 26.0 Å². The van der Waals surface area contributed by atoms with Crippen molar-refractivity contribution >= 4 is 29.9 Å². The molecule has 0 aliphatic heterocycles. The largest absolute Gasteiger partial charge is 0.493 e. The molecule has 0 aliphatic rings. The maximum atomic E-state index is 5.88. The first-order valence-electron chi connectivity index (χ1n) is 7.53. The van der Waals surface area contributed by atoms with Gasteiger partial charge in [0.1, 0.15) is 6.10 Å². The zero-order valence-corrected chi connectivity index (χ0v) is 16.6. The number of ether oxygens (including phenoxy) is 3. The van der Waals surface area contributed by atoms with E-state index in [4.69, 9.17) is 14.2 Å². The molecule has 0 saturated carbocycles. The van der Waals surface area contributed by atoms with E-state index in [1.165, 1.54) is 0 Å². The summed E-state index contributed by atoms with van der Waals surface area (Å²) >= 11 is 0. The second-order valence-electron chi connectivity index (χ2n) is 4.66. The topological polar surface area (TPSA) is 64.1 Å². The predicted molar refractivity (Wildman–Crippen MR) is 104 cm³/mol. The molecule has 1 aromatic carbocycles. The van der Waals surface area contributed by atoms with Gasteiger partial charge in [-0.1, -0.05) is 12.1 Å². The van der Waals surface area contributed by atoms with E-state index in [1.54, 1.807) is 14.2 Å². The molecule has 6 nitrogen and oxygen atoms in total. The minimum atomic E-state index is -0.0262. The molecule has 0 fully saturated rings. The Morgan fingerprint density at radius 2 is 1.91 bits per heavy atom. The van der Waals surface area contributed by atoms with Crippen molar-refractivity contribution in [3.63, 3.8) is 0 Å². The normalized spacial score (nSPS) is 12.1. The minimum absolute atomic E-state index is 0. The van der Waals surface area contributed by atoms with Gasteiger partial charge in [-0.15, -0.1) is 24.0 Å². The molecule has 0 heterocycles. The first-order valence-corrected chi connectivity index (χ1v) is 7.53. The molecule has 1 aromatic rings. The lowest BCUT2D eigenvalue weighted by molar-refractivity contribution is 0.152. The van der Waals surface area contributed by atoms with E-state index in [0.717, 1.165) is 30.6 Å². The zero-order chi connectivity index (χ0) is 16.2. The van der Waals surface area contributed by atoms with E-state index in [1.807, 2.05) is 38.1 Å². The van der Waals surface area contributed by atoms with Crippen molar-refractivity contribution in [1.82, 2.24) is 10.6 Å². The summed E-state index contributed by atoms with van der Waals surface area (Å²) in [5, 5.41) is 6.40. The van der Waals surface area contributed by atoms with Crippen LogP contribution in [0, 0.1) is 0 Å². The van der Waals surface area contributed by atoms with Crippen molar-refractivity contribution in [1.29, 1.82) is 0 Å². The fraction of sp³-hybridized carbons (Fsp3) is 0.562. The van der Waals surface area contributed by atoms with Gasteiger partial charge in [0.2, 0.25) is 0 Å². The average molecular weight is 437 g/mol. The number of guanidine groups is 1. The third-order valence-electron chi connectivity index (χ3n) is 2.92. The van der Waals surface area contributed by atoms with E-state index in [9.17, 15) is 0 Å². The van der Waals surface area contributed by atoms with Crippen molar-refractivity contribution in [2.24, 2.45) is 4.99 Å². The number of hydrogen-bond donors (Lipinski definition) is 2. The van der Waals surface area contributed by atoms with Crippen LogP contribution in [-0.2, 0) is 4.74 Å². The molecule has 0 aliphatic carbocycles. The van der Waals surface area contributed by atoms with Gasteiger partial charge in [0.15, 0.2) is 17.5 Å². The van der Waals surface area contributed by atoms with Crippen molar-refractivity contribution in [3.8, 4) is 11.5 Å². The van der Waals surface area contributed by atoms with Crippen LogP contribution in [0.25, 0.3) is 0 Å². The van der Waals surface area contributed by atoms with Crippen molar-refractivity contribution in [2.75, 3.05) is 40.5 Å². The van der Waals surface area contributed by atoms with Crippen molar-refractivity contribution < 1.29 is 14.2 Å². The van der Waals surface area contributed by atoms with Crippen LogP contribution in [0.4, 0.5) is 0 Å². The van der Waals surface area contributed by atoms with Gasteiger partial charge < -0.3 is 24.8 Å². The zero-order valence-electron chi connectivity index (χ0n) is 14.3. The number of hydrogen-bond acceptors (Lipinski definition) is 4. The molecular weight excluding hydrogens is 409 g/mol. The lowest BCUT2D eigenvalue weighted by Crippen LogP contribution is -2.42. The molecule has 0 aromatic heterocycles. The number of para-hydroxylation sites is 2. The molecule has 1 rings (SSSR count). The second-order valence-corrected chi connectivity index (χ2v) is 4.66. The first-order chi connectivity index (χ1) is 10.7. The number of nitrogens with one attached hydrogen (secondary N) is 2. The number of benzene rings is 1. The SMILES string of the molecule is CCOCCNC(=NC)NCC(C)Oc1ccccc1OC.I. The van der Waals surface area contributed by atoms with Crippen LogP contribution in [0.2, 0.25) is 0 Å². The average Bonchev–Trinajstić information content (AvgIpc) is 2.54. The van der Waals surface area contributed by atoms with Gasteiger partial charge in [0.05, 0.1) is 20.3 Å². The number of aliphatic imine (C=N–C) groups is 1. The Morgan fingerprint density at radius 3 is 2.52 bits per heavy atom. The molecule has 1 unspecified atom stereocenters. The molecule has 2 N–H and O–H groups in total. The molecule has 0 spiro atoms. The van der Waals surface area contributed by atoms with Crippen molar-refractivity contribution in [2.45, 2.75) is 20.0 Å². The molecule has 7 heteroatoms. The fourth-order valence-corrected chi connectivity index (χ4v) is 1.82. The summed E-state index contributed by atoms with van der Waals surface area (Å²) in [5.41, 5.74) is 0. The van der Waals surface area contributed by atoms with Gasteiger partial charge >= 0.3 is 0 Å². The Bertz CT molecular complexity index is 458. The summed E-state index contributed by atoms with van der Waals surface area (Å²) in [6, 6.07) is 7.61. The summed E-state index contributed by atoms with van der Waals surface area (Å²) in [5.74, 6) is 2.20. The quantitative estimate of drug-likeness (QED) is 0.269. The maximum Gasteiger partial charge on any atom is 0.191 e. The third kappa shape index (κ3) is 8.85. The number of nitrogens with zero attached hydrogens (tertiary/aromatic N) is 1. The van der Waals surface area contributed by atoms with Crippen LogP contribution < -0.4 is 20.1 Å². The summed E-state index contributed by atoms with van der Waals surface area (Å²) in [6.07, 6.45) is -0.0262. The number of rotatable bonds is 9. The highest BCUT2D eigenvalue weighted by atomic mass is 127. The summed E-state index contributed by atoms with van der Waals surface area (Å²) in [7, 11) is 3.37. The lowest BCUT2D eigenvalue weighted by Gasteiger charge is -2.19. The van der Waals surface area contributed by atoms with Crippen LogP contribution in [0.5, 0.6) is 11.5 Å². The monoisotopic (exact) mass is 437 g/mol. The minimum Gasteiger partial charge on any atom is -0.493 e. The van der Waals surface area contributed by atoms with Crippen LogP contribution in [0.15, 0.2) is 29.3 Å². The maximum absolute atomic E-state index is 5.88. The third-order valence-corrected chi connectivity index (χ3v) is 2.92. The van der Waals surface area contributed by atoms with Gasteiger partial charge in [-0.25, -0.2) is 0 Å². The van der Waals surface area contributed by atoms with E-state index in [-0.39, 0.29) is 30.1 Å². The fourth-order valence-electron chi connectivity index (χ4n) is 1.82. The molecule has 0 radical (unpaired) electrons. The Labute approximate surface area is 156 Å². The highest BCUT2D eigenvalue weighted by Crippen LogP contribution is 2.26. The highest BCUT2D eigenvalue weighted by Gasteiger charge is 2.09. The molecule has 132 valence electrons. The van der Waals surface area contributed by atoms with Gasteiger partial charge in [0, 0.05) is 20.2 Å². The standard InChI is InChI=1S/C16H27N3O3.HI/c1-5-21-11-10-18-16(17-3)19-12-13(2)22-15-9-7-6-8-14(15)20-4;/h6-9,13H,5,10-12H2,1-4H3,(H2,17,18,19);1H. The predicted octanol–water partition coefficient (Wildman–Crippen LogP) is 2.28. The molecular formula is C16H28IN3O3. The van der Waals surface area contributed by atoms with E-state index in [2.05, 4.69) is 15.6 Å². The Morgan fingerprint density at radius 1 is 1.22 bits per heavy atom. The van der Waals surface area contributed by atoms with Crippen LogP contribution in [-0.4, -0.2) is 52.5 Å². The van der Waals surface area contributed by atoms with Crippen molar-refractivity contribution in [3.05, 3.63) is 24.3 Å². The number of methoxy groups -OCH3 is 1. The highest BCUT2D eigenvalue weighted by molar-refractivity contribution is 14.0. The van der Waals surface area contributed by atoms with Crippen LogP contribution in [0.1, 0.15) is 13.8 Å². The lowest BCUT2D eigenvalue weighted by atomic mass is 10.3. The van der Waals surface area contributed by atoms with E-state index in [0.29, 0.717) is 13.2 Å². The van der Waals surface area contributed by atoms with E-state index >= 15 is 0 Å². The second kappa shape index (κ2) is 13.2. The molecule has 23 heavy (non-hydrogen) atoms. The van der Waals surface area contributed by atoms with Gasteiger partial charge in [0.25, 0.3) is 0 Å². The Balaban J connectivity index is 0.00000484. The van der Waals surface area contributed by atoms with Crippen LogP contribution >= 0.6 is 24.0 Å². The molecule has 0 saturated heterocycles. The molecule has 1 atom stereocenters. The first kappa shape index (κ1) is 21.8.